The topological polar surface area (TPSA) is 70.1 Å². The molecule has 0 amide bonds. The van der Waals surface area contributed by atoms with Gasteiger partial charge in [0.25, 0.3) is 0 Å². The summed E-state index contributed by atoms with van der Waals surface area (Å²) in [5, 5.41) is 14.4. The molecule has 0 aliphatic rings. The molecule has 0 unspecified atom stereocenters. The summed E-state index contributed by atoms with van der Waals surface area (Å²) in [5.74, 6) is -0.913. The van der Waals surface area contributed by atoms with Crippen LogP contribution in [-0.4, -0.2) is 27.7 Å². The predicted octanol–water partition coefficient (Wildman–Crippen LogP) is 5.45. The van der Waals surface area contributed by atoms with E-state index in [2.05, 4.69) is 36.5 Å². The monoisotopic (exact) mass is 486 g/mol. The van der Waals surface area contributed by atoms with E-state index in [1.807, 2.05) is 0 Å². The fraction of sp³-hybridized carbons (Fsp3) is 0.412. The molecule has 29 heavy (non-hydrogen) atoms. The molecule has 0 radical (unpaired) electrons. The second kappa shape index (κ2) is 8.74. The van der Waals surface area contributed by atoms with Gasteiger partial charge in [-0.05, 0) is 24.1 Å². The molecule has 0 aliphatic carbocycles. The molecule has 0 spiro atoms. The second-order valence-electron chi connectivity index (χ2n) is 6.45. The van der Waals surface area contributed by atoms with Gasteiger partial charge in [0.05, 0.1) is 18.2 Å². The molecule has 0 fully saturated rings. The van der Waals surface area contributed by atoms with Crippen molar-refractivity contribution in [2.75, 3.05) is 17.2 Å². The standard InChI is InChI=1S/C17H17BrF6N4O/c1-8(2)12(7-29)26-15-27-13(17(22,23)24)6-14(28-15)25-9-3-4-11(18)10(5-9)16(19,20)21/h3-6,8,12,29H,7H2,1-2H3,(H2,25,26,27,28)/t12-/m0/s1. The van der Waals surface area contributed by atoms with Gasteiger partial charge in [-0.3, -0.25) is 0 Å². The van der Waals surface area contributed by atoms with Gasteiger partial charge in [-0.2, -0.15) is 31.3 Å². The number of aliphatic hydroxyl groups is 1. The van der Waals surface area contributed by atoms with Crippen molar-refractivity contribution in [2.45, 2.75) is 32.2 Å². The largest absolute Gasteiger partial charge is 0.433 e. The molecule has 0 saturated heterocycles. The molecule has 1 atom stereocenters. The summed E-state index contributed by atoms with van der Waals surface area (Å²) in [6, 6.07) is 3.10. The van der Waals surface area contributed by atoms with Gasteiger partial charge in [0.15, 0.2) is 5.69 Å². The minimum absolute atomic E-state index is 0.110. The minimum Gasteiger partial charge on any atom is -0.394 e. The predicted molar refractivity (Wildman–Crippen MR) is 98.8 cm³/mol. The Bertz CT molecular complexity index is 857. The average molecular weight is 487 g/mol. The van der Waals surface area contributed by atoms with E-state index in [1.54, 1.807) is 13.8 Å². The maximum absolute atomic E-state index is 13.2. The number of benzene rings is 1. The van der Waals surface area contributed by atoms with E-state index in [-0.39, 0.29) is 28.5 Å². The third-order valence-corrected chi connectivity index (χ3v) is 4.57. The second-order valence-corrected chi connectivity index (χ2v) is 7.31. The Kier molecular flexibility index (Phi) is 6.99. The van der Waals surface area contributed by atoms with Gasteiger partial charge in [-0.15, -0.1) is 0 Å². The van der Waals surface area contributed by atoms with Crippen LogP contribution in [0.1, 0.15) is 25.1 Å². The van der Waals surface area contributed by atoms with Crippen LogP contribution in [0.2, 0.25) is 0 Å². The van der Waals surface area contributed by atoms with Gasteiger partial charge >= 0.3 is 12.4 Å². The van der Waals surface area contributed by atoms with E-state index in [0.29, 0.717) is 6.07 Å². The molecule has 3 N–H and O–H groups in total. The lowest BCUT2D eigenvalue weighted by Crippen LogP contribution is -2.30. The number of aromatic nitrogens is 2. The zero-order valence-corrected chi connectivity index (χ0v) is 16.7. The zero-order valence-electron chi connectivity index (χ0n) is 15.2. The van der Waals surface area contributed by atoms with E-state index in [1.165, 1.54) is 6.07 Å². The summed E-state index contributed by atoms with van der Waals surface area (Å²) < 4.78 is 78.5. The number of aliphatic hydroxyl groups excluding tert-OH is 1. The maximum Gasteiger partial charge on any atom is 0.433 e. The Balaban J connectivity index is 2.43. The van der Waals surface area contributed by atoms with Crippen molar-refractivity contribution in [1.29, 1.82) is 0 Å². The van der Waals surface area contributed by atoms with Crippen molar-refractivity contribution in [3.63, 3.8) is 0 Å². The molecule has 0 saturated carbocycles. The number of nitrogens with zero attached hydrogens (tertiary/aromatic N) is 2. The first-order valence-corrected chi connectivity index (χ1v) is 9.08. The lowest BCUT2D eigenvalue weighted by atomic mass is 10.1. The molecule has 12 heteroatoms. The number of hydrogen-bond donors (Lipinski definition) is 3. The van der Waals surface area contributed by atoms with Crippen LogP contribution in [0.3, 0.4) is 0 Å². The molecule has 1 heterocycles. The highest BCUT2D eigenvalue weighted by Gasteiger charge is 2.35. The quantitative estimate of drug-likeness (QED) is 0.473. The van der Waals surface area contributed by atoms with Crippen LogP contribution in [0.15, 0.2) is 28.7 Å². The maximum atomic E-state index is 13.2. The molecule has 1 aromatic carbocycles. The molecule has 0 aliphatic heterocycles. The lowest BCUT2D eigenvalue weighted by molar-refractivity contribution is -0.141. The van der Waals surface area contributed by atoms with Crippen LogP contribution >= 0.6 is 15.9 Å². The highest BCUT2D eigenvalue weighted by atomic mass is 79.9. The number of hydrogen-bond acceptors (Lipinski definition) is 5. The molecule has 160 valence electrons. The Morgan fingerprint density at radius 3 is 2.21 bits per heavy atom. The van der Waals surface area contributed by atoms with Crippen LogP contribution in [-0.2, 0) is 12.4 Å². The van der Waals surface area contributed by atoms with Crippen LogP contribution in [0, 0.1) is 5.92 Å². The van der Waals surface area contributed by atoms with Crippen LogP contribution in [0.25, 0.3) is 0 Å². The van der Waals surface area contributed by atoms with Crippen LogP contribution in [0.5, 0.6) is 0 Å². The smallest absolute Gasteiger partial charge is 0.394 e. The van der Waals surface area contributed by atoms with Crippen molar-refractivity contribution in [3.05, 3.63) is 40.0 Å². The Hall–Kier alpha value is -2.08. The summed E-state index contributed by atoms with van der Waals surface area (Å²) in [6.45, 7) is 3.10. The van der Waals surface area contributed by atoms with E-state index >= 15 is 0 Å². The van der Waals surface area contributed by atoms with Crippen molar-refractivity contribution in [3.8, 4) is 0 Å². The van der Waals surface area contributed by atoms with Crippen LogP contribution < -0.4 is 10.6 Å². The van der Waals surface area contributed by atoms with Gasteiger partial charge in [0, 0.05) is 16.2 Å². The molecular weight excluding hydrogens is 470 g/mol. The Morgan fingerprint density at radius 2 is 1.69 bits per heavy atom. The number of rotatable bonds is 6. The average Bonchev–Trinajstić information content (AvgIpc) is 2.59. The summed E-state index contributed by atoms with van der Waals surface area (Å²) in [6.07, 6.45) is -9.46. The summed E-state index contributed by atoms with van der Waals surface area (Å²) in [7, 11) is 0. The lowest BCUT2D eigenvalue weighted by Gasteiger charge is -2.21. The van der Waals surface area contributed by atoms with Gasteiger partial charge in [-0.1, -0.05) is 29.8 Å². The molecule has 2 aromatic rings. The van der Waals surface area contributed by atoms with E-state index in [0.717, 1.165) is 12.1 Å². The fourth-order valence-electron chi connectivity index (χ4n) is 2.28. The first-order chi connectivity index (χ1) is 13.3. The van der Waals surface area contributed by atoms with Crippen LogP contribution in [0.4, 0.5) is 43.8 Å². The normalized spacial score (nSPS) is 13.5. The first-order valence-electron chi connectivity index (χ1n) is 8.28. The Labute approximate surface area is 170 Å². The number of halogens is 7. The van der Waals surface area contributed by atoms with Crippen molar-refractivity contribution in [1.82, 2.24) is 9.97 Å². The van der Waals surface area contributed by atoms with Crippen molar-refractivity contribution < 1.29 is 31.4 Å². The number of alkyl halides is 6. The SMILES string of the molecule is CC(C)[C@H](CO)Nc1nc(Nc2ccc(Br)c(C(F)(F)F)c2)cc(C(F)(F)F)n1. The fourth-order valence-corrected chi connectivity index (χ4v) is 2.75. The number of anilines is 3. The summed E-state index contributed by atoms with van der Waals surface area (Å²) >= 11 is 2.79. The highest BCUT2D eigenvalue weighted by Crippen LogP contribution is 2.37. The zero-order chi connectivity index (χ0) is 22.0. The molecule has 0 bridgehead atoms. The number of nitrogens with one attached hydrogen (secondary N) is 2. The van der Waals surface area contributed by atoms with Gasteiger partial charge in [0.2, 0.25) is 5.95 Å². The molecular formula is C17H17BrF6N4O. The van der Waals surface area contributed by atoms with Crippen molar-refractivity contribution >= 4 is 33.4 Å². The van der Waals surface area contributed by atoms with Gasteiger partial charge in [-0.25, -0.2) is 4.98 Å². The first kappa shape index (κ1) is 23.2. The summed E-state index contributed by atoms with van der Waals surface area (Å²) in [5.41, 5.74) is -2.39. The van der Waals surface area contributed by atoms with Gasteiger partial charge < -0.3 is 15.7 Å². The molecule has 5 nitrogen and oxygen atoms in total. The minimum atomic E-state index is -4.81. The highest BCUT2D eigenvalue weighted by molar-refractivity contribution is 9.10. The molecule has 2 rings (SSSR count). The van der Waals surface area contributed by atoms with Crippen molar-refractivity contribution in [2.24, 2.45) is 5.92 Å². The molecule has 1 aromatic heterocycles. The van der Waals surface area contributed by atoms with Gasteiger partial charge in [0.1, 0.15) is 5.82 Å². The third kappa shape index (κ3) is 6.20. The summed E-state index contributed by atoms with van der Waals surface area (Å²) in [4.78, 5) is 7.29. The van der Waals surface area contributed by atoms with E-state index < -0.39 is 35.6 Å². The van der Waals surface area contributed by atoms with E-state index in [4.69, 9.17) is 0 Å². The third-order valence-electron chi connectivity index (χ3n) is 3.88. The van der Waals surface area contributed by atoms with E-state index in [9.17, 15) is 31.4 Å². The Morgan fingerprint density at radius 1 is 1.03 bits per heavy atom.